The third kappa shape index (κ3) is 1.37. The third-order valence-corrected chi connectivity index (χ3v) is 2.09. The van der Waals surface area contributed by atoms with Crippen LogP contribution in [0.3, 0.4) is 0 Å². The summed E-state index contributed by atoms with van der Waals surface area (Å²) in [6, 6.07) is 3.17. The predicted octanol–water partition coefficient (Wildman–Crippen LogP) is 2.03. The Bertz CT molecular complexity index is 525. The standard InChI is InChI=1S/C8H5F4N3O/c9-7(10)8(11,12)4-2-1-3-5-6(4)13-14-15(5)16/h1-3,7,16H. The summed E-state index contributed by atoms with van der Waals surface area (Å²) in [5.74, 6) is -4.32. The molecule has 0 atom stereocenters. The zero-order valence-corrected chi connectivity index (χ0v) is 7.61. The molecule has 86 valence electrons. The lowest BCUT2D eigenvalue weighted by atomic mass is 10.1. The molecular weight excluding hydrogens is 230 g/mol. The van der Waals surface area contributed by atoms with Crippen molar-refractivity contribution in [3.05, 3.63) is 23.8 Å². The zero-order chi connectivity index (χ0) is 11.9. The smallest absolute Gasteiger partial charge is 0.334 e. The summed E-state index contributed by atoms with van der Waals surface area (Å²) >= 11 is 0. The molecule has 0 spiro atoms. The van der Waals surface area contributed by atoms with E-state index in [2.05, 4.69) is 10.3 Å². The Morgan fingerprint density at radius 2 is 2.00 bits per heavy atom. The molecule has 0 amide bonds. The van der Waals surface area contributed by atoms with Gasteiger partial charge in [-0.2, -0.15) is 8.78 Å². The first kappa shape index (κ1) is 10.7. The largest absolute Gasteiger partial charge is 0.410 e. The number of fused-ring (bicyclic) bond motifs is 1. The quantitative estimate of drug-likeness (QED) is 0.640. The van der Waals surface area contributed by atoms with Crippen molar-refractivity contribution in [1.29, 1.82) is 0 Å². The third-order valence-electron chi connectivity index (χ3n) is 2.09. The van der Waals surface area contributed by atoms with Gasteiger partial charge in [0, 0.05) is 0 Å². The second-order valence-electron chi connectivity index (χ2n) is 3.08. The minimum absolute atomic E-state index is 0.155. The molecule has 0 unspecified atom stereocenters. The first-order valence-electron chi connectivity index (χ1n) is 4.14. The van der Waals surface area contributed by atoms with E-state index in [1.807, 2.05) is 0 Å². The van der Waals surface area contributed by atoms with E-state index in [4.69, 9.17) is 5.21 Å². The molecular formula is C8H5F4N3O. The van der Waals surface area contributed by atoms with Crippen LogP contribution in [0.1, 0.15) is 5.56 Å². The fourth-order valence-corrected chi connectivity index (χ4v) is 1.32. The van der Waals surface area contributed by atoms with Gasteiger partial charge < -0.3 is 5.21 Å². The summed E-state index contributed by atoms with van der Waals surface area (Å²) in [5, 5.41) is 15.3. The van der Waals surface area contributed by atoms with Crippen molar-refractivity contribution in [2.75, 3.05) is 0 Å². The highest BCUT2D eigenvalue weighted by atomic mass is 19.3. The average molecular weight is 235 g/mol. The van der Waals surface area contributed by atoms with Gasteiger partial charge in [-0.05, 0) is 11.3 Å². The number of aromatic nitrogens is 3. The van der Waals surface area contributed by atoms with Crippen molar-refractivity contribution < 1.29 is 22.8 Å². The molecule has 1 aromatic heterocycles. The van der Waals surface area contributed by atoms with Crippen molar-refractivity contribution in [2.24, 2.45) is 0 Å². The predicted molar refractivity (Wildman–Crippen MR) is 44.6 cm³/mol. The fraction of sp³-hybridized carbons (Fsp3) is 0.250. The second kappa shape index (κ2) is 3.32. The first-order valence-corrected chi connectivity index (χ1v) is 4.14. The molecule has 0 bridgehead atoms. The molecule has 16 heavy (non-hydrogen) atoms. The molecule has 0 aliphatic rings. The van der Waals surface area contributed by atoms with Gasteiger partial charge in [-0.15, -0.1) is 5.10 Å². The van der Waals surface area contributed by atoms with Crippen molar-refractivity contribution >= 4 is 11.0 Å². The van der Waals surface area contributed by atoms with Crippen LogP contribution in [0.2, 0.25) is 0 Å². The maximum atomic E-state index is 13.1. The van der Waals surface area contributed by atoms with E-state index in [-0.39, 0.29) is 10.4 Å². The van der Waals surface area contributed by atoms with E-state index < -0.39 is 23.4 Å². The summed E-state index contributed by atoms with van der Waals surface area (Å²) < 4.78 is 50.5. The normalized spacial score (nSPS) is 12.6. The van der Waals surface area contributed by atoms with E-state index in [0.29, 0.717) is 0 Å². The van der Waals surface area contributed by atoms with Gasteiger partial charge in [0.25, 0.3) is 0 Å². The van der Waals surface area contributed by atoms with Crippen LogP contribution in [0.15, 0.2) is 18.2 Å². The van der Waals surface area contributed by atoms with Gasteiger partial charge >= 0.3 is 12.3 Å². The van der Waals surface area contributed by atoms with Crippen LogP contribution in [0.4, 0.5) is 17.6 Å². The van der Waals surface area contributed by atoms with E-state index in [0.717, 1.165) is 12.1 Å². The summed E-state index contributed by atoms with van der Waals surface area (Å²) in [5.41, 5.74) is -1.56. The molecule has 4 nitrogen and oxygen atoms in total. The molecule has 0 aliphatic heterocycles. The number of hydrogen-bond donors (Lipinski definition) is 1. The maximum absolute atomic E-state index is 13.1. The summed E-state index contributed by atoms with van der Waals surface area (Å²) in [4.78, 5) is 0.250. The first-order chi connectivity index (χ1) is 7.44. The average Bonchev–Trinajstić information content (AvgIpc) is 2.60. The summed E-state index contributed by atoms with van der Waals surface area (Å²) in [6.45, 7) is 0. The lowest BCUT2D eigenvalue weighted by Crippen LogP contribution is -2.23. The number of rotatable bonds is 2. The Hall–Kier alpha value is -1.86. The molecule has 1 heterocycles. The highest BCUT2D eigenvalue weighted by Crippen LogP contribution is 2.37. The highest BCUT2D eigenvalue weighted by Gasteiger charge is 2.44. The van der Waals surface area contributed by atoms with E-state index in [9.17, 15) is 17.6 Å². The van der Waals surface area contributed by atoms with Crippen LogP contribution in [-0.2, 0) is 5.92 Å². The van der Waals surface area contributed by atoms with Crippen molar-refractivity contribution in [2.45, 2.75) is 12.3 Å². The van der Waals surface area contributed by atoms with E-state index in [1.54, 1.807) is 0 Å². The summed E-state index contributed by atoms with van der Waals surface area (Å²) in [6.07, 6.45) is -3.85. The lowest BCUT2D eigenvalue weighted by Gasteiger charge is -2.15. The number of benzene rings is 1. The molecule has 2 rings (SSSR count). The number of nitrogens with zero attached hydrogens (tertiary/aromatic N) is 3. The van der Waals surface area contributed by atoms with Gasteiger partial charge in [-0.25, -0.2) is 8.78 Å². The SMILES string of the molecule is On1nnc2c(C(F)(F)C(F)F)cccc21. The Kier molecular flexibility index (Phi) is 2.21. The maximum Gasteiger partial charge on any atom is 0.334 e. The van der Waals surface area contributed by atoms with Crippen molar-refractivity contribution in [3.8, 4) is 0 Å². The molecule has 0 fully saturated rings. The molecule has 1 aromatic carbocycles. The zero-order valence-electron chi connectivity index (χ0n) is 7.61. The van der Waals surface area contributed by atoms with Gasteiger partial charge in [0.05, 0.1) is 5.56 Å². The van der Waals surface area contributed by atoms with Crippen molar-refractivity contribution in [1.82, 2.24) is 15.2 Å². The molecule has 0 aliphatic carbocycles. The Labute approximate surface area is 86.0 Å². The Balaban J connectivity index is 2.70. The number of alkyl halides is 4. The highest BCUT2D eigenvalue weighted by molar-refractivity contribution is 5.78. The molecule has 1 N–H and O–H groups in total. The topological polar surface area (TPSA) is 50.9 Å². The fourth-order valence-electron chi connectivity index (χ4n) is 1.32. The second-order valence-corrected chi connectivity index (χ2v) is 3.08. The molecule has 0 saturated carbocycles. The van der Waals surface area contributed by atoms with Crippen LogP contribution in [0, 0.1) is 0 Å². The van der Waals surface area contributed by atoms with Crippen LogP contribution in [0.25, 0.3) is 11.0 Å². The lowest BCUT2D eigenvalue weighted by molar-refractivity contribution is -0.134. The van der Waals surface area contributed by atoms with Gasteiger partial charge in [-0.1, -0.05) is 17.0 Å². The number of hydrogen-bond acceptors (Lipinski definition) is 3. The molecule has 8 heteroatoms. The van der Waals surface area contributed by atoms with Crippen LogP contribution in [-0.4, -0.2) is 26.8 Å². The molecule has 0 saturated heterocycles. The Morgan fingerprint density at radius 1 is 1.31 bits per heavy atom. The summed E-state index contributed by atoms with van der Waals surface area (Å²) in [7, 11) is 0. The minimum Gasteiger partial charge on any atom is -0.410 e. The van der Waals surface area contributed by atoms with Gasteiger partial charge in [-0.3, -0.25) is 0 Å². The van der Waals surface area contributed by atoms with Gasteiger partial charge in [0.1, 0.15) is 11.0 Å². The van der Waals surface area contributed by atoms with E-state index >= 15 is 0 Å². The monoisotopic (exact) mass is 235 g/mol. The van der Waals surface area contributed by atoms with Gasteiger partial charge in [0.2, 0.25) is 0 Å². The van der Waals surface area contributed by atoms with E-state index in [1.165, 1.54) is 6.07 Å². The Morgan fingerprint density at radius 3 is 2.62 bits per heavy atom. The minimum atomic E-state index is -4.32. The molecule has 2 aromatic rings. The van der Waals surface area contributed by atoms with Crippen LogP contribution < -0.4 is 0 Å². The molecule has 0 radical (unpaired) electrons. The number of halogens is 4. The van der Waals surface area contributed by atoms with Crippen LogP contribution in [0.5, 0.6) is 0 Å². The van der Waals surface area contributed by atoms with Crippen LogP contribution >= 0.6 is 0 Å². The van der Waals surface area contributed by atoms with Crippen molar-refractivity contribution in [3.63, 3.8) is 0 Å². The van der Waals surface area contributed by atoms with Gasteiger partial charge in [0.15, 0.2) is 0 Å².